The number of hydrogen-bond donors (Lipinski definition) is 1. The van der Waals surface area contributed by atoms with Crippen LogP contribution in [0, 0.1) is 13.8 Å². The Labute approximate surface area is 137 Å². The Morgan fingerprint density at radius 3 is 1.91 bits per heavy atom. The molecule has 0 unspecified atom stereocenters. The van der Waals surface area contributed by atoms with Crippen molar-refractivity contribution in [1.82, 2.24) is 4.90 Å². The molecule has 128 valence electrons. The predicted molar refractivity (Wildman–Crippen MR) is 96.0 cm³/mol. The monoisotopic (exact) mass is 309 g/mol. The third kappa shape index (κ3) is 11.3. The summed E-state index contributed by atoms with van der Waals surface area (Å²) < 4.78 is 0. The summed E-state index contributed by atoms with van der Waals surface area (Å²) in [7, 11) is 2.79. The standard InChI is InChI=1S/C11H15NO.C5H10.C2H6.CH4O/c1-9-4-5-10(2)11(6-9)7-12(3)8-13;1-2-4-5-3-1;2*1-2/h4-6,8H,7H2,1-3H3;1-5H2;1-2H3;2H,1H3. The molecule has 1 amide bonds. The molecular formula is C19H35NO2. The van der Waals surface area contributed by atoms with Gasteiger partial charge in [-0.25, -0.2) is 0 Å². The lowest BCUT2D eigenvalue weighted by Gasteiger charge is -2.13. The van der Waals surface area contributed by atoms with Crippen LogP contribution in [-0.2, 0) is 11.3 Å². The van der Waals surface area contributed by atoms with Gasteiger partial charge in [-0.05, 0) is 25.0 Å². The second-order valence-electron chi connectivity index (χ2n) is 5.22. The summed E-state index contributed by atoms with van der Waals surface area (Å²) in [4.78, 5) is 12.1. The lowest BCUT2D eigenvalue weighted by atomic mass is 10.1. The number of carbonyl (C=O) groups excluding carboxylic acids is 1. The van der Waals surface area contributed by atoms with E-state index in [1.807, 2.05) is 13.8 Å². The molecule has 1 aromatic carbocycles. The number of carbonyl (C=O) groups is 1. The summed E-state index contributed by atoms with van der Waals surface area (Å²) in [5, 5.41) is 7.00. The highest BCUT2D eigenvalue weighted by Gasteiger charge is 2.00. The Morgan fingerprint density at radius 2 is 1.50 bits per heavy atom. The van der Waals surface area contributed by atoms with Crippen LogP contribution in [0.5, 0.6) is 0 Å². The number of nitrogens with zero attached hydrogens (tertiary/aromatic N) is 1. The number of aryl methyl sites for hydroxylation is 2. The highest BCUT2D eigenvalue weighted by molar-refractivity contribution is 5.47. The topological polar surface area (TPSA) is 40.5 Å². The smallest absolute Gasteiger partial charge is 0.209 e. The third-order valence-electron chi connectivity index (χ3n) is 3.35. The number of hydrogen-bond acceptors (Lipinski definition) is 2. The molecule has 0 saturated heterocycles. The summed E-state index contributed by atoms with van der Waals surface area (Å²) in [6.07, 6.45) is 8.35. The molecule has 1 aliphatic carbocycles. The zero-order valence-electron chi connectivity index (χ0n) is 15.4. The van der Waals surface area contributed by atoms with Crippen molar-refractivity contribution in [3.8, 4) is 0 Å². The molecule has 3 nitrogen and oxygen atoms in total. The molecule has 1 aliphatic rings. The molecule has 0 radical (unpaired) electrons. The van der Waals surface area contributed by atoms with Gasteiger partial charge in [0.1, 0.15) is 0 Å². The van der Waals surface area contributed by atoms with E-state index in [1.165, 1.54) is 48.8 Å². The summed E-state index contributed by atoms with van der Waals surface area (Å²) >= 11 is 0. The maximum Gasteiger partial charge on any atom is 0.209 e. The van der Waals surface area contributed by atoms with Crippen LogP contribution in [0.25, 0.3) is 0 Å². The van der Waals surface area contributed by atoms with Gasteiger partial charge in [-0.1, -0.05) is 69.7 Å². The minimum Gasteiger partial charge on any atom is -0.400 e. The fourth-order valence-corrected chi connectivity index (χ4v) is 2.16. The predicted octanol–water partition coefficient (Wildman–Crippen LogP) is 4.48. The molecule has 22 heavy (non-hydrogen) atoms. The third-order valence-corrected chi connectivity index (χ3v) is 3.35. The van der Waals surface area contributed by atoms with E-state index in [2.05, 4.69) is 32.0 Å². The normalized spacial score (nSPS) is 11.8. The first-order valence-electron chi connectivity index (χ1n) is 8.30. The molecule has 1 saturated carbocycles. The minimum absolute atomic E-state index is 0.691. The van der Waals surface area contributed by atoms with E-state index in [9.17, 15) is 4.79 Å². The zero-order chi connectivity index (χ0) is 17.4. The summed E-state index contributed by atoms with van der Waals surface area (Å²) in [5.41, 5.74) is 3.69. The molecule has 3 heteroatoms. The number of aliphatic hydroxyl groups excluding tert-OH is 1. The Hall–Kier alpha value is -1.35. The van der Waals surface area contributed by atoms with Crippen molar-refractivity contribution in [1.29, 1.82) is 0 Å². The lowest BCUT2D eigenvalue weighted by molar-refractivity contribution is -0.117. The number of benzene rings is 1. The highest BCUT2D eigenvalue weighted by atomic mass is 16.2. The van der Waals surface area contributed by atoms with Gasteiger partial charge in [0.25, 0.3) is 0 Å². The quantitative estimate of drug-likeness (QED) is 0.836. The zero-order valence-corrected chi connectivity index (χ0v) is 15.4. The van der Waals surface area contributed by atoms with Crippen molar-refractivity contribution in [2.75, 3.05) is 14.2 Å². The molecule has 1 N–H and O–H groups in total. The Morgan fingerprint density at radius 1 is 1.05 bits per heavy atom. The van der Waals surface area contributed by atoms with Gasteiger partial charge in [-0.3, -0.25) is 4.79 Å². The average molecular weight is 309 g/mol. The first-order chi connectivity index (χ1) is 10.6. The van der Waals surface area contributed by atoms with Crippen LogP contribution >= 0.6 is 0 Å². The van der Waals surface area contributed by atoms with Gasteiger partial charge < -0.3 is 10.0 Å². The summed E-state index contributed by atoms with van der Waals surface area (Å²) in [6.45, 7) is 8.81. The van der Waals surface area contributed by atoms with E-state index in [1.54, 1.807) is 11.9 Å². The van der Waals surface area contributed by atoms with Crippen LogP contribution in [-0.4, -0.2) is 30.6 Å². The fraction of sp³-hybridized carbons (Fsp3) is 0.632. The van der Waals surface area contributed by atoms with E-state index in [-0.39, 0.29) is 0 Å². The van der Waals surface area contributed by atoms with Crippen LogP contribution in [0.1, 0.15) is 62.6 Å². The van der Waals surface area contributed by atoms with Gasteiger partial charge in [0.2, 0.25) is 6.41 Å². The molecule has 0 atom stereocenters. The van der Waals surface area contributed by atoms with Gasteiger partial charge in [-0.2, -0.15) is 0 Å². The molecule has 0 heterocycles. The van der Waals surface area contributed by atoms with Crippen molar-refractivity contribution in [2.45, 2.75) is 66.3 Å². The molecule has 0 aliphatic heterocycles. The SMILES string of the molecule is C1CCCC1.CC.CO.Cc1ccc(C)c(CN(C)C=O)c1. The largest absolute Gasteiger partial charge is 0.400 e. The van der Waals surface area contributed by atoms with Crippen LogP contribution in [0.4, 0.5) is 0 Å². The van der Waals surface area contributed by atoms with Crippen LogP contribution in [0.3, 0.4) is 0 Å². The molecular weight excluding hydrogens is 274 g/mol. The number of aliphatic hydroxyl groups is 1. The minimum atomic E-state index is 0.691. The van der Waals surface area contributed by atoms with E-state index in [4.69, 9.17) is 5.11 Å². The number of amides is 1. The van der Waals surface area contributed by atoms with Gasteiger partial charge in [0.05, 0.1) is 0 Å². The van der Waals surface area contributed by atoms with Crippen molar-refractivity contribution in [3.05, 3.63) is 34.9 Å². The second-order valence-corrected chi connectivity index (χ2v) is 5.22. The van der Waals surface area contributed by atoms with Crippen molar-refractivity contribution in [2.24, 2.45) is 0 Å². The molecule has 0 aromatic heterocycles. The first kappa shape index (κ1) is 22.9. The molecule has 0 spiro atoms. The highest BCUT2D eigenvalue weighted by Crippen LogP contribution is 2.15. The average Bonchev–Trinajstić information content (AvgIpc) is 3.14. The molecule has 1 fully saturated rings. The van der Waals surface area contributed by atoms with Gasteiger partial charge >= 0.3 is 0 Å². The number of rotatable bonds is 3. The summed E-state index contributed by atoms with van der Waals surface area (Å²) in [5.74, 6) is 0. The van der Waals surface area contributed by atoms with Gasteiger partial charge in [-0.15, -0.1) is 0 Å². The van der Waals surface area contributed by atoms with E-state index in [0.29, 0.717) is 6.54 Å². The van der Waals surface area contributed by atoms with E-state index >= 15 is 0 Å². The van der Waals surface area contributed by atoms with Crippen molar-refractivity contribution in [3.63, 3.8) is 0 Å². The van der Waals surface area contributed by atoms with Crippen molar-refractivity contribution >= 4 is 6.41 Å². The van der Waals surface area contributed by atoms with E-state index < -0.39 is 0 Å². The Kier molecular flexibility index (Phi) is 16.7. The maximum atomic E-state index is 10.4. The van der Waals surface area contributed by atoms with Gasteiger partial charge in [0.15, 0.2) is 0 Å². The fourth-order valence-electron chi connectivity index (χ4n) is 2.16. The van der Waals surface area contributed by atoms with Crippen LogP contribution < -0.4 is 0 Å². The lowest BCUT2D eigenvalue weighted by Crippen LogP contribution is -2.15. The maximum absolute atomic E-state index is 10.4. The second kappa shape index (κ2) is 16.0. The molecule has 1 aromatic rings. The molecule has 0 bridgehead atoms. The van der Waals surface area contributed by atoms with Crippen molar-refractivity contribution < 1.29 is 9.90 Å². The first-order valence-corrected chi connectivity index (χ1v) is 8.30. The Balaban J connectivity index is 0. The van der Waals surface area contributed by atoms with Crippen LogP contribution in [0.2, 0.25) is 0 Å². The summed E-state index contributed by atoms with van der Waals surface area (Å²) in [6, 6.07) is 6.29. The molecule has 2 rings (SSSR count). The van der Waals surface area contributed by atoms with E-state index in [0.717, 1.165) is 13.5 Å². The van der Waals surface area contributed by atoms with Crippen LogP contribution in [0.15, 0.2) is 18.2 Å². The Bertz CT molecular complexity index is 366. The van der Waals surface area contributed by atoms with Gasteiger partial charge in [0, 0.05) is 20.7 Å².